The fraction of sp³-hybridized carbons (Fsp3) is 1.00. The Kier molecular flexibility index (Phi) is 6.37. The van der Waals surface area contributed by atoms with E-state index in [1.54, 1.807) is 0 Å². The van der Waals surface area contributed by atoms with Gasteiger partial charge in [0.1, 0.15) is 0 Å². The molecule has 1 rings (SSSR count). The van der Waals surface area contributed by atoms with Crippen molar-refractivity contribution in [3.63, 3.8) is 0 Å². The van der Waals surface area contributed by atoms with Gasteiger partial charge in [-0.15, -0.1) is 0 Å². The highest BCUT2D eigenvalue weighted by Gasteiger charge is 2.26. The first-order chi connectivity index (χ1) is 7.63. The Morgan fingerprint density at radius 1 is 1.31 bits per heavy atom. The lowest BCUT2D eigenvalue weighted by atomic mass is 9.79. The number of nitrogens with one attached hydrogen (secondary N) is 1. The molecule has 0 aliphatic heterocycles. The average molecular weight is 227 g/mol. The van der Waals surface area contributed by atoms with Gasteiger partial charge in [-0.25, -0.2) is 0 Å². The van der Waals surface area contributed by atoms with Gasteiger partial charge in [0, 0.05) is 6.04 Å². The Balaban J connectivity index is 2.40. The fourth-order valence-electron chi connectivity index (χ4n) is 2.77. The van der Waals surface area contributed by atoms with Crippen molar-refractivity contribution in [1.29, 1.82) is 0 Å². The Morgan fingerprint density at radius 2 is 2.06 bits per heavy atom. The Labute approximate surface area is 101 Å². The largest absolute Gasteiger partial charge is 0.377 e. The van der Waals surface area contributed by atoms with Crippen molar-refractivity contribution in [3.8, 4) is 0 Å². The van der Waals surface area contributed by atoms with Gasteiger partial charge in [0.25, 0.3) is 0 Å². The zero-order valence-corrected chi connectivity index (χ0v) is 11.5. The molecule has 0 amide bonds. The summed E-state index contributed by atoms with van der Waals surface area (Å²) in [6.07, 6.45) is 5.92. The number of rotatable bonds is 6. The molecule has 96 valence electrons. The van der Waals surface area contributed by atoms with E-state index in [-0.39, 0.29) is 0 Å². The fourth-order valence-corrected chi connectivity index (χ4v) is 2.77. The van der Waals surface area contributed by atoms with Crippen LogP contribution < -0.4 is 5.32 Å². The van der Waals surface area contributed by atoms with Gasteiger partial charge in [-0.2, -0.15) is 0 Å². The van der Waals surface area contributed by atoms with Gasteiger partial charge >= 0.3 is 0 Å². The van der Waals surface area contributed by atoms with E-state index in [1.807, 2.05) is 0 Å². The topological polar surface area (TPSA) is 21.3 Å². The molecule has 0 aromatic heterocycles. The van der Waals surface area contributed by atoms with E-state index in [1.165, 1.54) is 25.7 Å². The van der Waals surface area contributed by atoms with Crippen molar-refractivity contribution in [3.05, 3.63) is 0 Å². The molecule has 3 atom stereocenters. The van der Waals surface area contributed by atoms with Gasteiger partial charge in [0.2, 0.25) is 0 Å². The molecule has 1 saturated carbocycles. The van der Waals surface area contributed by atoms with Gasteiger partial charge in [0.05, 0.1) is 12.7 Å². The lowest BCUT2D eigenvalue weighted by Crippen LogP contribution is -2.42. The third-order valence-electron chi connectivity index (χ3n) is 3.62. The minimum absolute atomic E-state index is 0.349. The van der Waals surface area contributed by atoms with E-state index in [9.17, 15) is 0 Å². The summed E-state index contributed by atoms with van der Waals surface area (Å²) in [5.74, 6) is 1.72. The molecule has 0 saturated heterocycles. The predicted molar refractivity (Wildman–Crippen MR) is 69.7 cm³/mol. The maximum atomic E-state index is 5.78. The maximum Gasteiger partial charge on any atom is 0.0625 e. The molecule has 0 bridgehead atoms. The Bertz CT molecular complexity index is 182. The van der Waals surface area contributed by atoms with E-state index < -0.39 is 0 Å². The van der Waals surface area contributed by atoms with Crippen molar-refractivity contribution < 1.29 is 4.74 Å². The molecule has 1 N–H and O–H groups in total. The monoisotopic (exact) mass is 227 g/mol. The quantitative estimate of drug-likeness (QED) is 0.752. The highest BCUT2D eigenvalue weighted by atomic mass is 16.5. The van der Waals surface area contributed by atoms with Gasteiger partial charge in [0.15, 0.2) is 0 Å². The van der Waals surface area contributed by atoms with Crippen LogP contribution in [0.5, 0.6) is 0 Å². The SMILES string of the molecule is CCNC(COC(C)C)C1CCCC(C)C1. The van der Waals surface area contributed by atoms with Gasteiger partial charge in [-0.1, -0.05) is 26.7 Å². The third-order valence-corrected chi connectivity index (χ3v) is 3.62. The Morgan fingerprint density at radius 3 is 2.62 bits per heavy atom. The first kappa shape index (κ1) is 14.0. The second-order valence-electron chi connectivity index (χ2n) is 5.58. The van der Waals surface area contributed by atoms with E-state index in [0.29, 0.717) is 12.1 Å². The van der Waals surface area contributed by atoms with Gasteiger partial charge in [-0.3, -0.25) is 0 Å². The lowest BCUT2D eigenvalue weighted by molar-refractivity contribution is 0.0401. The lowest BCUT2D eigenvalue weighted by Gasteiger charge is -2.34. The van der Waals surface area contributed by atoms with E-state index >= 15 is 0 Å². The van der Waals surface area contributed by atoms with E-state index in [2.05, 4.69) is 33.0 Å². The standard InChI is InChI=1S/C14H29NO/c1-5-15-14(10-16-11(2)3)13-8-6-7-12(4)9-13/h11-15H,5-10H2,1-4H3. The van der Waals surface area contributed by atoms with Crippen molar-refractivity contribution in [2.24, 2.45) is 11.8 Å². The van der Waals surface area contributed by atoms with Crippen molar-refractivity contribution in [2.75, 3.05) is 13.2 Å². The molecule has 0 aromatic carbocycles. The predicted octanol–water partition coefficient (Wildman–Crippen LogP) is 3.22. The zero-order chi connectivity index (χ0) is 12.0. The molecule has 0 heterocycles. The van der Waals surface area contributed by atoms with Crippen LogP contribution in [-0.4, -0.2) is 25.3 Å². The van der Waals surface area contributed by atoms with Crippen LogP contribution in [0.3, 0.4) is 0 Å². The second kappa shape index (κ2) is 7.29. The number of likely N-dealkylation sites (N-methyl/N-ethyl adjacent to an activating group) is 1. The minimum atomic E-state index is 0.349. The Hall–Kier alpha value is -0.0800. The van der Waals surface area contributed by atoms with Gasteiger partial charge in [-0.05, 0) is 45.1 Å². The molecule has 2 nitrogen and oxygen atoms in total. The summed E-state index contributed by atoms with van der Waals surface area (Å²) in [5, 5.41) is 3.60. The van der Waals surface area contributed by atoms with Crippen LogP contribution in [0.2, 0.25) is 0 Å². The summed E-state index contributed by atoms with van der Waals surface area (Å²) in [6, 6.07) is 0.565. The van der Waals surface area contributed by atoms with Crippen LogP contribution in [0.15, 0.2) is 0 Å². The van der Waals surface area contributed by atoms with E-state index in [0.717, 1.165) is 25.0 Å². The summed E-state index contributed by atoms with van der Waals surface area (Å²) in [6.45, 7) is 10.7. The van der Waals surface area contributed by atoms with Crippen molar-refractivity contribution in [2.45, 2.75) is 65.5 Å². The molecule has 1 aliphatic rings. The number of ether oxygens (including phenoxy) is 1. The molecule has 0 spiro atoms. The first-order valence-corrected chi connectivity index (χ1v) is 6.98. The zero-order valence-electron chi connectivity index (χ0n) is 11.5. The number of hydrogen-bond donors (Lipinski definition) is 1. The second-order valence-corrected chi connectivity index (χ2v) is 5.58. The minimum Gasteiger partial charge on any atom is -0.377 e. The molecule has 0 radical (unpaired) electrons. The molecule has 0 aromatic rings. The first-order valence-electron chi connectivity index (χ1n) is 6.98. The van der Waals surface area contributed by atoms with Crippen LogP contribution in [0.25, 0.3) is 0 Å². The summed E-state index contributed by atoms with van der Waals surface area (Å²) < 4.78 is 5.78. The van der Waals surface area contributed by atoms with E-state index in [4.69, 9.17) is 4.74 Å². The summed E-state index contributed by atoms with van der Waals surface area (Å²) >= 11 is 0. The average Bonchev–Trinajstić information content (AvgIpc) is 2.24. The highest BCUT2D eigenvalue weighted by molar-refractivity contribution is 4.81. The van der Waals surface area contributed by atoms with Crippen LogP contribution in [0, 0.1) is 11.8 Å². The molecule has 1 fully saturated rings. The van der Waals surface area contributed by atoms with Crippen LogP contribution in [0.4, 0.5) is 0 Å². The molecule has 3 unspecified atom stereocenters. The maximum absolute atomic E-state index is 5.78. The number of hydrogen-bond acceptors (Lipinski definition) is 2. The highest BCUT2D eigenvalue weighted by Crippen LogP contribution is 2.30. The van der Waals surface area contributed by atoms with Crippen molar-refractivity contribution in [1.82, 2.24) is 5.32 Å². The van der Waals surface area contributed by atoms with Crippen LogP contribution in [0.1, 0.15) is 53.4 Å². The smallest absolute Gasteiger partial charge is 0.0625 e. The summed E-state index contributed by atoms with van der Waals surface area (Å²) in [7, 11) is 0. The normalized spacial score (nSPS) is 28.3. The van der Waals surface area contributed by atoms with Crippen molar-refractivity contribution >= 4 is 0 Å². The summed E-state index contributed by atoms with van der Waals surface area (Å²) in [4.78, 5) is 0. The molecular weight excluding hydrogens is 198 g/mol. The molecule has 2 heteroatoms. The van der Waals surface area contributed by atoms with Gasteiger partial charge < -0.3 is 10.1 Å². The molecular formula is C14H29NO. The summed E-state index contributed by atoms with van der Waals surface area (Å²) in [5.41, 5.74) is 0. The molecule has 16 heavy (non-hydrogen) atoms. The molecule has 1 aliphatic carbocycles. The third kappa shape index (κ3) is 4.84. The van der Waals surface area contributed by atoms with Crippen LogP contribution in [-0.2, 0) is 4.74 Å². The van der Waals surface area contributed by atoms with Crippen LogP contribution >= 0.6 is 0 Å².